The standard InChI is InChI=1S/C21H19BrClN3O/c22-18-4-2-1-3-16(18)21(27)25-15-8-11-26(12-9-15)20-7-10-24-19-13-14(23)5-6-17(19)20/h1-7,10,13,15H,8-9,11-12H2,(H,25,27). The Balaban J connectivity index is 1.44. The van der Waals surface area contributed by atoms with Crippen LogP contribution in [0.3, 0.4) is 0 Å². The molecule has 1 saturated heterocycles. The van der Waals surface area contributed by atoms with Gasteiger partial charge in [-0.05, 0) is 65.2 Å². The molecular formula is C21H19BrClN3O. The molecule has 138 valence electrons. The molecule has 1 aromatic heterocycles. The van der Waals surface area contributed by atoms with E-state index in [1.165, 1.54) is 5.69 Å². The second kappa shape index (κ2) is 7.87. The van der Waals surface area contributed by atoms with E-state index < -0.39 is 0 Å². The quantitative estimate of drug-likeness (QED) is 0.615. The Morgan fingerprint density at radius 3 is 2.70 bits per heavy atom. The molecular weight excluding hydrogens is 426 g/mol. The number of nitrogens with zero attached hydrogens (tertiary/aromatic N) is 2. The molecule has 1 aliphatic rings. The predicted molar refractivity (Wildman–Crippen MR) is 114 cm³/mol. The van der Waals surface area contributed by atoms with Crippen molar-refractivity contribution in [3.05, 3.63) is 69.8 Å². The largest absolute Gasteiger partial charge is 0.371 e. The Labute approximate surface area is 171 Å². The summed E-state index contributed by atoms with van der Waals surface area (Å²) in [6.07, 6.45) is 3.65. The number of anilines is 1. The fourth-order valence-corrected chi connectivity index (χ4v) is 4.19. The summed E-state index contributed by atoms with van der Waals surface area (Å²) in [5.41, 5.74) is 2.76. The van der Waals surface area contributed by atoms with Crippen LogP contribution in [0.15, 0.2) is 59.2 Å². The normalized spacial score (nSPS) is 15.1. The van der Waals surface area contributed by atoms with Gasteiger partial charge in [0.1, 0.15) is 0 Å². The Morgan fingerprint density at radius 1 is 1.15 bits per heavy atom. The third kappa shape index (κ3) is 3.94. The van der Waals surface area contributed by atoms with E-state index in [2.05, 4.69) is 37.2 Å². The van der Waals surface area contributed by atoms with E-state index >= 15 is 0 Å². The molecule has 1 N–H and O–H groups in total. The van der Waals surface area contributed by atoms with Crippen LogP contribution in [-0.2, 0) is 0 Å². The van der Waals surface area contributed by atoms with Crippen molar-refractivity contribution in [1.29, 1.82) is 0 Å². The molecule has 0 saturated carbocycles. The summed E-state index contributed by atoms with van der Waals surface area (Å²) < 4.78 is 0.821. The first kappa shape index (κ1) is 18.3. The zero-order chi connectivity index (χ0) is 18.8. The maximum atomic E-state index is 12.5. The van der Waals surface area contributed by atoms with Gasteiger partial charge in [-0.25, -0.2) is 0 Å². The lowest BCUT2D eigenvalue weighted by molar-refractivity contribution is 0.0930. The maximum absolute atomic E-state index is 12.5. The molecule has 0 aliphatic carbocycles. The number of hydrogen-bond acceptors (Lipinski definition) is 3. The summed E-state index contributed by atoms with van der Waals surface area (Å²) in [5, 5.41) is 4.97. The van der Waals surface area contributed by atoms with Crippen LogP contribution in [0.2, 0.25) is 5.02 Å². The number of aromatic nitrogens is 1. The molecule has 0 atom stereocenters. The minimum absolute atomic E-state index is 0.0232. The van der Waals surface area contributed by atoms with E-state index in [9.17, 15) is 4.79 Å². The highest BCUT2D eigenvalue weighted by atomic mass is 79.9. The Morgan fingerprint density at radius 2 is 1.93 bits per heavy atom. The minimum Gasteiger partial charge on any atom is -0.371 e. The smallest absolute Gasteiger partial charge is 0.252 e. The number of halogens is 2. The lowest BCUT2D eigenvalue weighted by Gasteiger charge is -2.34. The summed E-state index contributed by atoms with van der Waals surface area (Å²) in [6.45, 7) is 1.78. The van der Waals surface area contributed by atoms with Crippen LogP contribution < -0.4 is 10.2 Å². The van der Waals surface area contributed by atoms with E-state index in [1.54, 1.807) is 0 Å². The first-order valence-corrected chi connectivity index (χ1v) is 10.1. The van der Waals surface area contributed by atoms with E-state index in [-0.39, 0.29) is 11.9 Å². The lowest BCUT2D eigenvalue weighted by atomic mass is 10.0. The number of pyridine rings is 1. The number of carbonyl (C=O) groups is 1. The van der Waals surface area contributed by atoms with Crippen molar-refractivity contribution in [2.24, 2.45) is 0 Å². The van der Waals surface area contributed by atoms with Crippen molar-refractivity contribution < 1.29 is 4.79 Å². The maximum Gasteiger partial charge on any atom is 0.252 e. The third-order valence-electron chi connectivity index (χ3n) is 4.97. The van der Waals surface area contributed by atoms with Gasteiger partial charge in [-0.1, -0.05) is 23.7 Å². The Kier molecular flexibility index (Phi) is 5.32. The van der Waals surface area contributed by atoms with Gasteiger partial charge in [0.2, 0.25) is 0 Å². The van der Waals surface area contributed by atoms with E-state index in [4.69, 9.17) is 11.6 Å². The number of carbonyl (C=O) groups excluding carboxylic acids is 1. The minimum atomic E-state index is -0.0232. The van der Waals surface area contributed by atoms with Crippen molar-refractivity contribution in [3.8, 4) is 0 Å². The molecule has 4 nitrogen and oxygen atoms in total. The molecule has 2 aromatic carbocycles. The monoisotopic (exact) mass is 443 g/mol. The van der Waals surface area contributed by atoms with Gasteiger partial charge in [0.05, 0.1) is 11.1 Å². The number of amides is 1. The van der Waals surface area contributed by atoms with Gasteiger partial charge in [-0.3, -0.25) is 9.78 Å². The molecule has 1 fully saturated rings. The van der Waals surface area contributed by atoms with Crippen molar-refractivity contribution in [2.75, 3.05) is 18.0 Å². The second-order valence-electron chi connectivity index (χ2n) is 6.71. The SMILES string of the molecule is O=C(NC1CCN(c2ccnc3cc(Cl)ccc23)CC1)c1ccccc1Br. The number of fused-ring (bicyclic) bond motifs is 1. The van der Waals surface area contributed by atoms with Gasteiger partial charge < -0.3 is 10.2 Å². The highest BCUT2D eigenvalue weighted by Gasteiger charge is 2.23. The van der Waals surface area contributed by atoms with Gasteiger partial charge in [0.25, 0.3) is 5.91 Å². The molecule has 0 unspecified atom stereocenters. The number of nitrogens with one attached hydrogen (secondary N) is 1. The van der Waals surface area contributed by atoms with Gasteiger partial charge in [-0.15, -0.1) is 0 Å². The molecule has 27 heavy (non-hydrogen) atoms. The third-order valence-corrected chi connectivity index (χ3v) is 5.90. The van der Waals surface area contributed by atoms with Crippen LogP contribution in [-0.4, -0.2) is 30.0 Å². The van der Waals surface area contributed by atoms with Crippen molar-refractivity contribution in [1.82, 2.24) is 10.3 Å². The molecule has 0 radical (unpaired) electrons. The molecule has 1 aliphatic heterocycles. The summed E-state index contributed by atoms with van der Waals surface area (Å²) in [7, 11) is 0. The van der Waals surface area contributed by atoms with Gasteiger partial charge in [0.15, 0.2) is 0 Å². The molecule has 0 spiro atoms. The average Bonchev–Trinajstić information content (AvgIpc) is 2.68. The molecule has 1 amide bonds. The van der Waals surface area contributed by atoms with Crippen LogP contribution in [0.25, 0.3) is 10.9 Å². The molecule has 3 aromatic rings. The highest BCUT2D eigenvalue weighted by Crippen LogP contribution is 2.29. The van der Waals surface area contributed by atoms with Crippen LogP contribution >= 0.6 is 27.5 Å². The van der Waals surface area contributed by atoms with Crippen molar-refractivity contribution >= 4 is 50.0 Å². The van der Waals surface area contributed by atoms with Gasteiger partial charge >= 0.3 is 0 Å². The lowest BCUT2D eigenvalue weighted by Crippen LogP contribution is -2.44. The highest BCUT2D eigenvalue weighted by molar-refractivity contribution is 9.10. The molecule has 6 heteroatoms. The first-order valence-electron chi connectivity index (χ1n) is 8.96. The predicted octanol–water partition coefficient (Wildman–Crippen LogP) is 5.05. The van der Waals surface area contributed by atoms with Gasteiger partial charge in [-0.2, -0.15) is 0 Å². The van der Waals surface area contributed by atoms with Crippen LogP contribution in [0, 0.1) is 0 Å². The molecule has 2 heterocycles. The van der Waals surface area contributed by atoms with E-state index in [0.29, 0.717) is 10.6 Å². The fraction of sp³-hybridized carbons (Fsp3) is 0.238. The number of rotatable bonds is 3. The van der Waals surface area contributed by atoms with E-state index in [1.807, 2.05) is 48.7 Å². The number of piperidine rings is 1. The van der Waals surface area contributed by atoms with Crippen LogP contribution in [0.1, 0.15) is 23.2 Å². The molecule has 0 bridgehead atoms. The zero-order valence-corrected chi connectivity index (χ0v) is 17.0. The topological polar surface area (TPSA) is 45.2 Å². The first-order chi connectivity index (χ1) is 13.1. The van der Waals surface area contributed by atoms with Crippen LogP contribution in [0.4, 0.5) is 5.69 Å². The molecule has 4 rings (SSSR count). The summed E-state index contributed by atoms with van der Waals surface area (Å²) in [4.78, 5) is 19.3. The number of benzene rings is 2. The van der Waals surface area contributed by atoms with E-state index in [0.717, 1.165) is 41.3 Å². The van der Waals surface area contributed by atoms with Crippen LogP contribution in [0.5, 0.6) is 0 Å². The second-order valence-corrected chi connectivity index (χ2v) is 8.00. The number of hydrogen-bond donors (Lipinski definition) is 1. The average molecular weight is 445 g/mol. The summed E-state index contributed by atoms with van der Waals surface area (Å²) in [6, 6.07) is 15.6. The Bertz CT molecular complexity index is 986. The van der Waals surface area contributed by atoms with Gasteiger partial charge in [0, 0.05) is 45.9 Å². The Hall–Kier alpha value is -2.11. The summed E-state index contributed by atoms with van der Waals surface area (Å²) in [5.74, 6) is -0.0232. The van der Waals surface area contributed by atoms with Crippen molar-refractivity contribution in [2.45, 2.75) is 18.9 Å². The fourth-order valence-electron chi connectivity index (χ4n) is 3.56. The summed E-state index contributed by atoms with van der Waals surface area (Å²) >= 11 is 9.53. The zero-order valence-electron chi connectivity index (χ0n) is 14.7. The van der Waals surface area contributed by atoms with Crippen molar-refractivity contribution in [3.63, 3.8) is 0 Å².